The van der Waals surface area contributed by atoms with Crippen molar-refractivity contribution in [2.75, 3.05) is 6.61 Å². The summed E-state index contributed by atoms with van der Waals surface area (Å²) in [5, 5.41) is 4.26. The first-order valence-corrected chi connectivity index (χ1v) is 5.43. The molecule has 0 aliphatic carbocycles. The molecular formula is C11H10ClN3O2. The van der Waals surface area contributed by atoms with Gasteiger partial charge in [-0.05, 0) is 19.1 Å². The molecule has 2 rings (SSSR count). The molecule has 0 unspecified atom stereocenters. The molecule has 0 aliphatic heterocycles. The summed E-state index contributed by atoms with van der Waals surface area (Å²) < 4.78 is 6.33. The molecule has 0 N–H and O–H groups in total. The molecule has 0 saturated carbocycles. The summed E-state index contributed by atoms with van der Waals surface area (Å²) in [6.45, 7) is 2.04. The second-order valence-corrected chi connectivity index (χ2v) is 3.58. The van der Waals surface area contributed by atoms with Crippen LogP contribution in [-0.4, -0.2) is 27.3 Å². The van der Waals surface area contributed by atoms with E-state index in [1.54, 1.807) is 31.5 Å². The molecule has 0 amide bonds. The van der Waals surface area contributed by atoms with Crippen molar-refractivity contribution in [3.05, 3.63) is 41.4 Å². The molecule has 0 radical (unpaired) electrons. The number of hydrogen-bond donors (Lipinski definition) is 0. The van der Waals surface area contributed by atoms with Crippen molar-refractivity contribution in [3.8, 4) is 5.69 Å². The summed E-state index contributed by atoms with van der Waals surface area (Å²) in [7, 11) is 0. The van der Waals surface area contributed by atoms with Crippen LogP contribution < -0.4 is 0 Å². The van der Waals surface area contributed by atoms with Gasteiger partial charge in [-0.15, -0.1) is 0 Å². The van der Waals surface area contributed by atoms with Crippen molar-refractivity contribution in [1.82, 2.24) is 14.8 Å². The fourth-order valence-electron chi connectivity index (χ4n) is 1.38. The monoisotopic (exact) mass is 251 g/mol. The van der Waals surface area contributed by atoms with E-state index in [-0.39, 0.29) is 10.8 Å². The Bertz CT molecular complexity index is 525. The van der Waals surface area contributed by atoms with Gasteiger partial charge in [-0.2, -0.15) is 5.10 Å². The van der Waals surface area contributed by atoms with Gasteiger partial charge in [0.15, 0.2) is 10.8 Å². The number of rotatable bonds is 3. The van der Waals surface area contributed by atoms with Gasteiger partial charge in [-0.1, -0.05) is 11.6 Å². The summed E-state index contributed by atoms with van der Waals surface area (Å²) in [4.78, 5) is 15.7. The Hall–Kier alpha value is -1.88. The summed E-state index contributed by atoms with van der Waals surface area (Å²) in [6.07, 6.45) is 3.23. The number of carbonyl (C=O) groups is 1. The first kappa shape index (κ1) is 11.6. The van der Waals surface area contributed by atoms with E-state index in [1.165, 1.54) is 10.7 Å². The highest BCUT2D eigenvalue weighted by Crippen LogP contribution is 2.15. The zero-order valence-electron chi connectivity index (χ0n) is 9.13. The first-order chi connectivity index (χ1) is 8.22. The third-order valence-corrected chi connectivity index (χ3v) is 2.24. The van der Waals surface area contributed by atoms with Gasteiger partial charge in [-0.25, -0.2) is 9.48 Å². The third-order valence-electron chi connectivity index (χ3n) is 2.05. The molecule has 0 bridgehead atoms. The molecule has 0 saturated heterocycles. The predicted octanol–water partition coefficient (Wildman–Crippen LogP) is 2.10. The predicted molar refractivity (Wildman–Crippen MR) is 62.3 cm³/mol. The maximum Gasteiger partial charge on any atom is 0.357 e. The van der Waals surface area contributed by atoms with Gasteiger partial charge < -0.3 is 4.74 Å². The molecule has 5 nitrogen and oxygen atoms in total. The standard InChI is InChI=1S/C11H10ClN3O2/c1-2-17-11(16)9-6-10(12)14-15(9)8-4-3-5-13-7-8/h3-7H,2H2,1H3. The topological polar surface area (TPSA) is 57.0 Å². The molecule has 2 heterocycles. The van der Waals surface area contributed by atoms with Crippen LogP contribution in [0.15, 0.2) is 30.6 Å². The minimum absolute atomic E-state index is 0.233. The largest absolute Gasteiger partial charge is 0.461 e. The highest BCUT2D eigenvalue weighted by Gasteiger charge is 2.16. The zero-order chi connectivity index (χ0) is 12.3. The molecule has 2 aromatic heterocycles. The van der Waals surface area contributed by atoms with E-state index >= 15 is 0 Å². The summed E-state index contributed by atoms with van der Waals surface area (Å²) in [5.74, 6) is -0.462. The van der Waals surface area contributed by atoms with Crippen molar-refractivity contribution in [1.29, 1.82) is 0 Å². The van der Waals surface area contributed by atoms with Crippen LogP contribution in [0.3, 0.4) is 0 Å². The lowest BCUT2D eigenvalue weighted by Gasteiger charge is -2.05. The minimum atomic E-state index is -0.462. The zero-order valence-corrected chi connectivity index (χ0v) is 9.89. The van der Waals surface area contributed by atoms with Gasteiger partial charge in [0.25, 0.3) is 0 Å². The maximum absolute atomic E-state index is 11.7. The Labute approximate surface area is 103 Å². The van der Waals surface area contributed by atoms with Crippen molar-refractivity contribution in [2.45, 2.75) is 6.92 Å². The summed E-state index contributed by atoms with van der Waals surface area (Å²) in [6, 6.07) is 4.99. The fraction of sp³-hybridized carbons (Fsp3) is 0.182. The normalized spacial score (nSPS) is 10.2. The number of ether oxygens (including phenoxy) is 1. The van der Waals surface area contributed by atoms with Crippen LogP contribution >= 0.6 is 11.6 Å². The molecule has 0 aromatic carbocycles. The van der Waals surface area contributed by atoms with Gasteiger partial charge in [0.1, 0.15) is 0 Å². The van der Waals surface area contributed by atoms with E-state index in [0.29, 0.717) is 12.3 Å². The van der Waals surface area contributed by atoms with Crippen LogP contribution in [0.4, 0.5) is 0 Å². The molecule has 0 spiro atoms. The third kappa shape index (κ3) is 2.45. The van der Waals surface area contributed by atoms with Crippen LogP contribution in [0, 0.1) is 0 Å². The van der Waals surface area contributed by atoms with Crippen molar-refractivity contribution in [3.63, 3.8) is 0 Å². The minimum Gasteiger partial charge on any atom is -0.461 e. The Morgan fingerprint density at radius 3 is 3.06 bits per heavy atom. The van der Waals surface area contributed by atoms with E-state index in [9.17, 15) is 4.79 Å². The number of halogens is 1. The molecule has 0 aliphatic rings. The first-order valence-electron chi connectivity index (χ1n) is 5.05. The second-order valence-electron chi connectivity index (χ2n) is 3.20. The lowest BCUT2D eigenvalue weighted by atomic mass is 10.4. The molecule has 17 heavy (non-hydrogen) atoms. The highest BCUT2D eigenvalue weighted by atomic mass is 35.5. The molecule has 6 heteroatoms. The molecule has 88 valence electrons. The van der Waals surface area contributed by atoms with Crippen molar-refractivity contribution < 1.29 is 9.53 Å². The molecule has 2 aromatic rings. The summed E-state index contributed by atoms with van der Waals surface area (Å²) >= 11 is 5.80. The highest BCUT2D eigenvalue weighted by molar-refractivity contribution is 6.29. The van der Waals surface area contributed by atoms with Crippen LogP contribution in [0.1, 0.15) is 17.4 Å². The molecular weight excluding hydrogens is 242 g/mol. The smallest absolute Gasteiger partial charge is 0.357 e. The van der Waals surface area contributed by atoms with E-state index in [4.69, 9.17) is 16.3 Å². The van der Waals surface area contributed by atoms with Gasteiger partial charge >= 0.3 is 5.97 Å². The average molecular weight is 252 g/mol. The van der Waals surface area contributed by atoms with Gasteiger partial charge in [0.2, 0.25) is 0 Å². The number of nitrogens with zero attached hydrogens (tertiary/aromatic N) is 3. The van der Waals surface area contributed by atoms with E-state index in [1.807, 2.05) is 0 Å². The maximum atomic E-state index is 11.7. The number of hydrogen-bond acceptors (Lipinski definition) is 4. The van der Waals surface area contributed by atoms with Gasteiger partial charge in [0.05, 0.1) is 18.5 Å². The van der Waals surface area contributed by atoms with E-state index < -0.39 is 5.97 Å². The van der Waals surface area contributed by atoms with Crippen molar-refractivity contribution in [2.24, 2.45) is 0 Å². The number of aromatic nitrogens is 3. The Morgan fingerprint density at radius 2 is 2.41 bits per heavy atom. The lowest BCUT2D eigenvalue weighted by Crippen LogP contribution is -2.11. The number of carbonyl (C=O) groups excluding carboxylic acids is 1. The fourth-order valence-corrected chi connectivity index (χ4v) is 1.56. The SMILES string of the molecule is CCOC(=O)c1cc(Cl)nn1-c1cccnc1. The lowest BCUT2D eigenvalue weighted by molar-refractivity contribution is 0.0516. The Balaban J connectivity index is 2.44. The molecule has 0 fully saturated rings. The van der Waals surface area contributed by atoms with Crippen molar-refractivity contribution >= 4 is 17.6 Å². The Morgan fingerprint density at radius 1 is 1.59 bits per heavy atom. The van der Waals surface area contributed by atoms with Crippen LogP contribution in [0.2, 0.25) is 5.15 Å². The molecule has 0 atom stereocenters. The van der Waals surface area contributed by atoms with Gasteiger partial charge in [-0.3, -0.25) is 4.98 Å². The summed E-state index contributed by atoms with van der Waals surface area (Å²) in [5.41, 5.74) is 0.937. The van der Waals surface area contributed by atoms with Crippen LogP contribution in [-0.2, 0) is 4.74 Å². The van der Waals surface area contributed by atoms with Crippen LogP contribution in [0.25, 0.3) is 5.69 Å². The van der Waals surface area contributed by atoms with Gasteiger partial charge in [0, 0.05) is 12.3 Å². The quantitative estimate of drug-likeness (QED) is 0.784. The van der Waals surface area contributed by atoms with E-state index in [0.717, 1.165) is 0 Å². The average Bonchev–Trinajstić information content (AvgIpc) is 2.73. The number of pyridine rings is 1. The second kappa shape index (κ2) is 4.97. The van der Waals surface area contributed by atoms with Crippen LogP contribution in [0.5, 0.6) is 0 Å². The number of esters is 1. The Kier molecular flexibility index (Phi) is 3.39. The van der Waals surface area contributed by atoms with E-state index in [2.05, 4.69) is 10.1 Å².